The Bertz CT molecular complexity index is 689. The molecule has 0 spiro atoms. The Morgan fingerprint density at radius 2 is 1.86 bits per heavy atom. The molecule has 0 fully saturated rings. The molecule has 0 radical (unpaired) electrons. The molecule has 4 nitrogen and oxygen atoms in total. The highest BCUT2D eigenvalue weighted by molar-refractivity contribution is 7.98. The summed E-state index contributed by atoms with van der Waals surface area (Å²) in [5.74, 6) is 0. The van der Waals surface area contributed by atoms with Gasteiger partial charge in [-0.05, 0) is 36.6 Å². The fraction of sp³-hybridized carbons (Fsp3) is 0.235. The normalized spacial score (nSPS) is 13.7. The lowest BCUT2D eigenvalue weighted by atomic mass is 10.2. The number of para-hydroxylation sites is 2. The number of nitrogens with one attached hydrogen (secondary N) is 1. The van der Waals surface area contributed by atoms with Crippen molar-refractivity contribution in [3.63, 3.8) is 0 Å². The highest BCUT2D eigenvalue weighted by Crippen LogP contribution is 2.32. The van der Waals surface area contributed by atoms with Gasteiger partial charge >= 0.3 is 6.03 Å². The second-order valence-corrected chi connectivity index (χ2v) is 6.10. The minimum Gasteiger partial charge on any atom is -0.371 e. The highest BCUT2D eigenvalue weighted by Gasteiger charge is 2.24. The first-order chi connectivity index (χ1) is 10.7. The lowest BCUT2D eigenvalue weighted by Gasteiger charge is -2.35. The van der Waals surface area contributed by atoms with Crippen molar-refractivity contribution in [1.82, 2.24) is 0 Å². The van der Waals surface area contributed by atoms with Gasteiger partial charge in [0.25, 0.3) is 0 Å². The number of nitrogens with zero attached hydrogens (tertiary/aromatic N) is 2. The molecule has 0 aromatic heterocycles. The number of benzene rings is 2. The second-order valence-electron chi connectivity index (χ2n) is 5.22. The number of carbonyl (C=O) groups excluding carboxylic acids is 1. The summed E-state index contributed by atoms with van der Waals surface area (Å²) in [6.07, 6.45) is 2.03. The van der Waals surface area contributed by atoms with Crippen molar-refractivity contribution in [3.8, 4) is 0 Å². The van der Waals surface area contributed by atoms with Gasteiger partial charge in [0.2, 0.25) is 0 Å². The van der Waals surface area contributed by atoms with Crippen molar-refractivity contribution in [2.24, 2.45) is 0 Å². The van der Waals surface area contributed by atoms with Crippen molar-refractivity contribution in [1.29, 1.82) is 0 Å². The van der Waals surface area contributed by atoms with Gasteiger partial charge in [-0.3, -0.25) is 4.90 Å². The minimum atomic E-state index is -0.0844. The van der Waals surface area contributed by atoms with Crippen LogP contribution in [-0.4, -0.2) is 32.4 Å². The number of hydrogen-bond donors (Lipinski definition) is 1. The van der Waals surface area contributed by atoms with Gasteiger partial charge in [-0.2, -0.15) is 0 Å². The van der Waals surface area contributed by atoms with Crippen LogP contribution in [0.3, 0.4) is 0 Å². The fourth-order valence-corrected chi connectivity index (χ4v) is 3.07. The van der Waals surface area contributed by atoms with E-state index in [2.05, 4.69) is 17.3 Å². The molecular formula is C17H19N3OS. The molecule has 2 aromatic rings. The fourth-order valence-electron chi connectivity index (χ4n) is 2.61. The van der Waals surface area contributed by atoms with Crippen molar-refractivity contribution >= 4 is 34.9 Å². The average molecular weight is 313 g/mol. The number of amides is 2. The Morgan fingerprint density at radius 3 is 2.64 bits per heavy atom. The van der Waals surface area contributed by atoms with Gasteiger partial charge in [-0.15, -0.1) is 11.8 Å². The van der Waals surface area contributed by atoms with Crippen LogP contribution < -0.4 is 15.1 Å². The van der Waals surface area contributed by atoms with Crippen LogP contribution in [0, 0.1) is 0 Å². The third kappa shape index (κ3) is 2.90. The summed E-state index contributed by atoms with van der Waals surface area (Å²) in [4.78, 5) is 17.7. The number of fused-ring (bicyclic) bond motifs is 1. The lowest BCUT2D eigenvalue weighted by Crippen LogP contribution is -2.44. The number of hydrogen-bond acceptors (Lipinski definition) is 3. The van der Waals surface area contributed by atoms with Crippen LogP contribution in [0.1, 0.15) is 0 Å². The molecule has 0 saturated heterocycles. The van der Waals surface area contributed by atoms with Gasteiger partial charge in [-0.1, -0.05) is 18.2 Å². The third-order valence-electron chi connectivity index (χ3n) is 3.81. The van der Waals surface area contributed by atoms with Crippen LogP contribution in [0.4, 0.5) is 21.9 Å². The molecule has 3 rings (SSSR count). The Balaban J connectivity index is 1.82. The number of carbonyl (C=O) groups is 1. The predicted molar refractivity (Wildman–Crippen MR) is 94.3 cm³/mol. The molecule has 1 heterocycles. The van der Waals surface area contributed by atoms with Gasteiger partial charge in [0, 0.05) is 30.7 Å². The number of anilines is 3. The molecule has 0 bridgehead atoms. The van der Waals surface area contributed by atoms with E-state index in [0.29, 0.717) is 6.54 Å². The van der Waals surface area contributed by atoms with E-state index in [1.54, 1.807) is 16.7 Å². The van der Waals surface area contributed by atoms with Gasteiger partial charge in [0.05, 0.1) is 11.4 Å². The van der Waals surface area contributed by atoms with Gasteiger partial charge in [0.15, 0.2) is 0 Å². The molecule has 0 unspecified atom stereocenters. The number of urea groups is 1. The van der Waals surface area contributed by atoms with Gasteiger partial charge < -0.3 is 10.2 Å². The summed E-state index contributed by atoms with van der Waals surface area (Å²) in [6, 6.07) is 15.8. The summed E-state index contributed by atoms with van der Waals surface area (Å²) in [5.41, 5.74) is 2.87. The Labute approximate surface area is 135 Å². The molecule has 22 heavy (non-hydrogen) atoms. The summed E-state index contributed by atoms with van der Waals surface area (Å²) in [5, 5.41) is 3.00. The van der Waals surface area contributed by atoms with Crippen molar-refractivity contribution < 1.29 is 4.79 Å². The van der Waals surface area contributed by atoms with Crippen LogP contribution in [0.15, 0.2) is 53.4 Å². The van der Waals surface area contributed by atoms with E-state index >= 15 is 0 Å². The summed E-state index contributed by atoms with van der Waals surface area (Å²) < 4.78 is 0. The predicted octanol–water partition coefficient (Wildman–Crippen LogP) is 3.90. The van der Waals surface area contributed by atoms with Gasteiger partial charge in [-0.25, -0.2) is 4.79 Å². The summed E-state index contributed by atoms with van der Waals surface area (Å²) >= 11 is 1.66. The third-order valence-corrected chi connectivity index (χ3v) is 4.53. The average Bonchev–Trinajstić information content (AvgIpc) is 2.55. The molecule has 5 heteroatoms. The summed E-state index contributed by atoms with van der Waals surface area (Å²) in [6.45, 7) is 1.51. The van der Waals surface area contributed by atoms with E-state index in [-0.39, 0.29) is 6.03 Å². The Hall–Kier alpha value is -2.14. The maximum atomic E-state index is 12.6. The van der Waals surface area contributed by atoms with Crippen molar-refractivity contribution in [2.45, 2.75) is 4.90 Å². The molecule has 2 aromatic carbocycles. The zero-order valence-corrected chi connectivity index (χ0v) is 13.6. The molecule has 0 saturated carbocycles. The topological polar surface area (TPSA) is 35.6 Å². The molecule has 1 N–H and O–H groups in total. The maximum absolute atomic E-state index is 12.6. The van der Waals surface area contributed by atoms with Crippen molar-refractivity contribution in [2.75, 3.05) is 41.5 Å². The van der Waals surface area contributed by atoms with Crippen molar-refractivity contribution in [3.05, 3.63) is 48.5 Å². The zero-order valence-electron chi connectivity index (χ0n) is 12.7. The van der Waals surface area contributed by atoms with E-state index in [0.717, 1.165) is 28.5 Å². The maximum Gasteiger partial charge on any atom is 0.326 e. The van der Waals surface area contributed by atoms with E-state index in [9.17, 15) is 4.79 Å². The monoisotopic (exact) mass is 313 g/mol. The molecule has 2 amide bonds. The molecular weight excluding hydrogens is 294 g/mol. The first-order valence-corrected chi connectivity index (χ1v) is 8.44. The lowest BCUT2D eigenvalue weighted by molar-refractivity contribution is 0.257. The SMILES string of the molecule is CSc1cccc(NC(=O)N2CCN(C)c3ccccc32)c1. The Morgan fingerprint density at radius 1 is 1.09 bits per heavy atom. The first kappa shape index (κ1) is 14.8. The van der Waals surface area contributed by atoms with Crippen LogP contribution in [0.25, 0.3) is 0 Å². The van der Waals surface area contributed by atoms with E-state index in [4.69, 9.17) is 0 Å². The smallest absolute Gasteiger partial charge is 0.326 e. The molecule has 0 aliphatic carbocycles. The van der Waals surface area contributed by atoms with E-state index in [1.165, 1.54) is 0 Å². The standard InChI is InChI=1S/C17H19N3OS/c1-19-10-11-20(16-9-4-3-8-15(16)19)17(21)18-13-6-5-7-14(12-13)22-2/h3-9,12H,10-11H2,1-2H3,(H,18,21). The zero-order chi connectivity index (χ0) is 15.5. The molecule has 1 aliphatic rings. The highest BCUT2D eigenvalue weighted by atomic mass is 32.2. The van der Waals surface area contributed by atoms with Crippen LogP contribution >= 0.6 is 11.8 Å². The van der Waals surface area contributed by atoms with E-state index in [1.807, 2.05) is 54.8 Å². The first-order valence-electron chi connectivity index (χ1n) is 7.22. The molecule has 1 aliphatic heterocycles. The molecule has 114 valence electrons. The largest absolute Gasteiger partial charge is 0.371 e. The van der Waals surface area contributed by atoms with Crippen LogP contribution in [0.2, 0.25) is 0 Å². The van der Waals surface area contributed by atoms with Crippen LogP contribution in [0.5, 0.6) is 0 Å². The Kier molecular flexibility index (Phi) is 4.24. The van der Waals surface area contributed by atoms with Crippen LogP contribution in [-0.2, 0) is 0 Å². The number of likely N-dealkylation sites (N-methyl/N-ethyl adjacent to an activating group) is 1. The quantitative estimate of drug-likeness (QED) is 0.854. The summed E-state index contributed by atoms with van der Waals surface area (Å²) in [7, 11) is 2.05. The number of thioether (sulfide) groups is 1. The minimum absolute atomic E-state index is 0.0844. The number of rotatable bonds is 2. The van der Waals surface area contributed by atoms with Gasteiger partial charge in [0.1, 0.15) is 0 Å². The molecule has 0 atom stereocenters. The van der Waals surface area contributed by atoms with E-state index < -0.39 is 0 Å². The second kappa shape index (κ2) is 6.32.